The highest BCUT2D eigenvalue weighted by Gasteiger charge is 2.52. The minimum Gasteiger partial charge on any atom is -0.457 e. The van der Waals surface area contributed by atoms with Crippen LogP contribution >= 0.6 is 0 Å². The van der Waals surface area contributed by atoms with Gasteiger partial charge in [0.05, 0.1) is 22.5 Å². The lowest BCUT2D eigenvalue weighted by Crippen LogP contribution is -2.32. The zero-order valence-electron chi connectivity index (χ0n) is 39.6. The molecule has 3 heterocycles. The summed E-state index contributed by atoms with van der Waals surface area (Å²) in [4.78, 5) is 4.79. The van der Waals surface area contributed by atoms with E-state index in [9.17, 15) is 0 Å². The fourth-order valence-corrected chi connectivity index (χ4v) is 12.1. The van der Waals surface area contributed by atoms with E-state index in [1.54, 1.807) is 0 Å². The molecule has 0 unspecified atom stereocenters. The van der Waals surface area contributed by atoms with E-state index < -0.39 is 5.41 Å². The number of anilines is 6. The van der Waals surface area contributed by atoms with Crippen molar-refractivity contribution in [2.75, 3.05) is 9.80 Å². The standard InChI is InChI=1S/C67H44N2O3/c1-41-29-33-43(34-30-41)68(57-23-13-19-50-47-16-5-9-25-60(47)71-65(50)57)45-37-38-52-55(39-45)67(53-21-7-11-27-62(53)70-63-28-12-8-22-54(63)67)56-40-59(46-15-3-4-18-49(46)64(52)56)69(44-35-31-42(2)32-36-44)58-24-14-20-51-48-17-6-10-26-61(48)72-66(51)58/h3-40H,1-2H3. The number of furan rings is 2. The van der Waals surface area contributed by atoms with Gasteiger partial charge < -0.3 is 23.4 Å². The molecule has 1 spiro atoms. The van der Waals surface area contributed by atoms with Crippen LogP contribution in [0, 0.1) is 13.8 Å². The van der Waals surface area contributed by atoms with Gasteiger partial charge in [0.2, 0.25) is 0 Å². The highest BCUT2D eigenvalue weighted by Crippen LogP contribution is 2.65. The van der Waals surface area contributed by atoms with Crippen LogP contribution in [0.15, 0.2) is 239 Å². The molecule has 5 heteroatoms. The van der Waals surface area contributed by atoms with Crippen molar-refractivity contribution in [3.05, 3.63) is 264 Å². The second kappa shape index (κ2) is 15.3. The zero-order chi connectivity index (χ0) is 47.7. The maximum absolute atomic E-state index is 6.95. The van der Waals surface area contributed by atoms with Crippen molar-refractivity contribution >= 4 is 88.8 Å². The van der Waals surface area contributed by atoms with E-state index >= 15 is 0 Å². The van der Waals surface area contributed by atoms with Crippen molar-refractivity contribution in [2.24, 2.45) is 0 Å². The maximum atomic E-state index is 6.95. The number of hydrogen-bond donors (Lipinski definition) is 0. The Bertz CT molecular complexity index is 4310. The van der Waals surface area contributed by atoms with Gasteiger partial charge in [-0.25, -0.2) is 0 Å². The van der Waals surface area contributed by atoms with Crippen LogP contribution in [0.4, 0.5) is 34.1 Å². The molecule has 1 aliphatic heterocycles. The van der Waals surface area contributed by atoms with E-state index in [0.29, 0.717) is 0 Å². The third-order valence-corrected chi connectivity index (χ3v) is 15.2. The van der Waals surface area contributed by atoms with Crippen LogP contribution in [0.5, 0.6) is 11.5 Å². The van der Waals surface area contributed by atoms with Gasteiger partial charge in [-0.2, -0.15) is 0 Å². The van der Waals surface area contributed by atoms with Crippen molar-refractivity contribution in [3.8, 4) is 22.6 Å². The first-order chi connectivity index (χ1) is 35.5. The lowest BCUT2D eigenvalue weighted by Gasteiger charge is -2.40. The summed E-state index contributed by atoms with van der Waals surface area (Å²) in [6.45, 7) is 4.28. The topological polar surface area (TPSA) is 42.0 Å². The molecular weight excluding hydrogens is 881 g/mol. The molecule has 2 aromatic heterocycles. The third kappa shape index (κ3) is 5.70. The predicted octanol–water partition coefficient (Wildman–Crippen LogP) is 18.7. The molecule has 13 aromatic rings. The molecule has 0 amide bonds. The van der Waals surface area contributed by atoms with Gasteiger partial charge in [0.25, 0.3) is 0 Å². The zero-order valence-corrected chi connectivity index (χ0v) is 39.6. The van der Waals surface area contributed by atoms with E-state index in [1.165, 1.54) is 33.4 Å². The summed E-state index contributed by atoms with van der Waals surface area (Å²) in [6.07, 6.45) is 0. The van der Waals surface area contributed by atoms with E-state index in [1.807, 2.05) is 12.1 Å². The molecule has 72 heavy (non-hydrogen) atoms. The first-order valence-electron chi connectivity index (χ1n) is 24.6. The molecule has 0 fully saturated rings. The monoisotopic (exact) mass is 924 g/mol. The van der Waals surface area contributed by atoms with Gasteiger partial charge in [0.1, 0.15) is 22.7 Å². The van der Waals surface area contributed by atoms with E-state index in [-0.39, 0.29) is 0 Å². The second-order valence-electron chi connectivity index (χ2n) is 19.3. The quantitative estimate of drug-likeness (QED) is 0.166. The third-order valence-electron chi connectivity index (χ3n) is 15.2. The first kappa shape index (κ1) is 40.6. The summed E-state index contributed by atoms with van der Waals surface area (Å²) >= 11 is 0. The van der Waals surface area contributed by atoms with Crippen LogP contribution in [-0.2, 0) is 5.41 Å². The van der Waals surface area contributed by atoms with Gasteiger partial charge in [0.15, 0.2) is 11.2 Å². The largest absolute Gasteiger partial charge is 0.457 e. The minimum atomic E-state index is -0.820. The van der Waals surface area contributed by atoms with Crippen molar-refractivity contribution in [1.29, 1.82) is 0 Å². The van der Waals surface area contributed by atoms with Gasteiger partial charge in [0, 0.05) is 55.1 Å². The van der Waals surface area contributed by atoms with Gasteiger partial charge in [-0.1, -0.05) is 163 Å². The fraction of sp³-hybridized carbons (Fsp3) is 0.0448. The van der Waals surface area contributed by atoms with Crippen molar-refractivity contribution in [2.45, 2.75) is 19.3 Å². The Balaban J connectivity index is 1.06. The number of nitrogens with zero attached hydrogens (tertiary/aromatic N) is 2. The Morgan fingerprint density at radius 2 is 0.806 bits per heavy atom. The fourth-order valence-electron chi connectivity index (χ4n) is 12.1. The highest BCUT2D eigenvalue weighted by atomic mass is 16.5. The number of ether oxygens (including phenoxy) is 1. The normalized spacial score (nSPS) is 13.1. The number of benzene rings is 11. The summed E-state index contributed by atoms with van der Waals surface area (Å²) in [5.74, 6) is 1.67. The lowest BCUT2D eigenvalue weighted by molar-refractivity contribution is 0.436. The minimum absolute atomic E-state index is 0.820. The summed E-state index contributed by atoms with van der Waals surface area (Å²) in [7, 11) is 0. The van der Waals surface area contributed by atoms with Crippen LogP contribution in [-0.4, -0.2) is 0 Å². The van der Waals surface area contributed by atoms with Crippen LogP contribution in [0.25, 0.3) is 65.8 Å². The number of para-hydroxylation sites is 6. The predicted molar refractivity (Wildman–Crippen MR) is 295 cm³/mol. The smallest absolute Gasteiger partial charge is 0.159 e. The van der Waals surface area contributed by atoms with Gasteiger partial charge in [-0.15, -0.1) is 0 Å². The Morgan fingerprint density at radius 1 is 0.333 bits per heavy atom. The molecule has 0 saturated carbocycles. The molecule has 0 radical (unpaired) electrons. The highest BCUT2D eigenvalue weighted by molar-refractivity contribution is 6.15. The molecule has 5 nitrogen and oxygen atoms in total. The summed E-state index contributed by atoms with van der Waals surface area (Å²) in [6, 6.07) is 83.1. The Labute approximate surface area is 416 Å². The molecular formula is C67H44N2O3. The van der Waals surface area contributed by atoms with Crippen LogP contribution < -0.4 is 14.5 Å². The first-order valence-corrected chi connectivity index (χ1v) is 24.6. The Hall–Kier alpha value is -9.32. The maximum Gasteiger partial charge on any atom is 0.159 e. The average molecular weight is 925 g/mol. The van der Waals surface area contributed by atoms with Gasteiger partial charge in [-0.3, -0.25) is 0 Å². The summed E-state index contributed by atoms with van der Waals surface area (Å²) < 4.78 is 20.6. The van der Waals surface area contributed by atoms with Crippen molar-refractivity contribution in [1.82, 2.24) is 0 Å². The number of rotatable bonds is 6. The number of fused-ring (bicyclic) bond motifs is 17. The molecule has 2 aliphatic rings. The molecule has 11 aromatic carbocycles. The number of hydrogen-bond acceptors (Lipinski definition) is 5. The summed E-state index contributed by atoms with van der Waals surface area (Å²) in [5.41, 5.74) is 17.9. The lowest BCUT2D eigenvalue weighted by atomic mass is 9.66. The summed E-state index contributed by atoms with van der Waals surface area (Å²) in [5, 5.41) is 6.63. The van der Waals surface area contributed by atoms with Crippen LogP contribution in [0.2, 0.25) is 0 Å². The molecule has 15 rings (SSSR count). The molecule has 340 valence electrons. The molecule has 1 aliphatic carbocycles. The molecule has 0 N–H and O–H groups in total. The average Bonchev–Trinajstić information content (AvgIpc) is 4.09. The van der Waals surface area contributed by atoms with E-state index in [2.05, 4.69) is 242 Å². The number of aryl methyl sites for hydroxylation is 2. The van der Waals surface area contributed by atoms with E-state index in [4.69, 9.17) is 13.6 Å². The van der Waals surface area contributed by atoms with Crippen LogP contribution in [0.1, 0.15) is 33.4 Å². The van der Waals surface area contributed by atoms with Crippen molar-refractivity contribution in [3.63, 3.8) is 0 Å². The Kier molecular flexibility index (Phi) is 8.64. The molecule has 0 bridgehead atoms. The Morgan fingerprint density at radius 3 is 1.40 bits per heavy atom. The van der Waals surface area contributed by atoms with Gasteiger partial charge >= 0.3 is 0 Å². The SMILES string of the molecule is Cc1ccc(N(c2ccc3c(c2)C2(c4ccccc4Oc4ccccc42)c2cc(N(c4ccc(C)cc4)c4cccc5c4oc4ccccc45)c4ccccc4c2-3)c2cccc3c2oc2ccccc23)cc1. The molecule has 0 saturated heterocycles. The van der Waals surface area contributed by atoms with Crippen LogP contribution in [0.3, 0.4) is 0 Å². The van der Waals surface area contributed by atoms with Crippen molar-refractivity contribution < 1.29 is 13.6 Å². The van der Waals surface area contributed by atoms with E-state index in [0.717, 1.165) is 111 Å². The van der Waals surface area contributed by atoms with Gasteiger partial charge in [-0.05, 0) is 120 Å². The molecule has 0 atom stereocenters. The second-order valence-corrected chi connectivity index (χ2v) is 19.3.